The van der Waals surface area contributed by atoms with Crippen LogP contribution in [0.1, 0.15) is 46.1 Å². The van der Waals surface area contributed by atoms with Crippen LogP contribution < -0.4 is 9.80 Å². The normalized spacial score (nSPS) is 26.1. The van der Waals surface area contributed by atoms with Crippen molar-refractivity contribution in [2.45, 2.75) is 74.0 Å². The van der Waals surface area contributed by atoms with Crippen LogP contribution in [0.3, 0.4) is 0 Å². The van der Waals surface area contributed by atoms with Gasteiger partial charge in [0.2, 0.25) is 11.8 Å². The van der Waals surface area contributed by atoms with Crippen LogP contribution in [0.25, 0.3) is 0 Å². The zero-order valence-corrected chi connectivity index (χ0v) is 31.6. The lowest BCUT2D eigenvalue weighted by molar-refractivity contribution is -0.145. The minimum Gasteiger partial charge on any atom is -0.394 e. The molecule has 1 N–H and O–H groups in total. The fraction of sp³-hybridized carbons (Fsp3) is 0.513. The van der Waals surface area contributed by atoms with Crippen LogP contribution in [-0.2, 0) is 20.9 Å². The van der Waals surface area contributed by atoms with Crippen molar-refractivity contribution in [3.05, 3.63) is 85.5 Å². The molecule has 10 heteroatoms. The summed E-state index contributed by atoms with van der Waals surface area (Å²) in [4.78, 5) is 52.1. The number of amides is 3. The molecule has 3 heterocycles. The van der Waals surface area contributed by atoms with Gasteiger partial charge in [0, 0.05) is 54.2 Å². The number of anilines is 2. The standard InChI is InChI=1S/C39H51BrN4O4S/c1-7-20-42(24-27-14-12-11-13-15-27)36(46)32-33-37(47)44(30(25-45)22-26(5)6)35(39(33)23-31(40)34(32)49-39)38(48)43(21-8-2)29-18-16-28(17-19-29)41(9-3)10-4/h7-8,11-19,26,30-35,45H,1-2,9-10,20-25H2,3-6H3/t30-,31?,32-,33+,34-,35?,39?/m1/s1. The summed E-state index contributed by atoms with van der Waals surface area (Å²) < 4.78 is -0.842. The fourth-order valence-corrected chi connectivity index (χ4v) is 11.9. The Labute approximate surface area is 304 Å². The number of likely N-dealkylation sites (tertiary alicyclic amines) is 1. The quantitative estimate of drug-likeness (QED) is 0.164. The number of hydrogen-bond donors (Lipinski definition) is 1. The first-order valence-corrected chi connectivity index (χ1v) is 19.3. The van der Waals surface area contributed by atoms with E-state index < -0.39 is 28.7 Å². The molecule has 264 valence electrons. The van der Waals surface area contributed by atoms with Crippen LogP contribution in [0.5, 0.6) is 0 Å². The van der Waals surface area contributed by atoms with Crippen LogP contribution >= 0.6 is 27.7 Å². The van der Waals surface area contributed by atoms with E-state index in [1.165, 1.54) is 0 Å². The summed E-state index contributed by atoms with van der Waals surface area (Å²) in [6.45, 7) is 18.7. The number of benzene rings is 2. The molecule has 7 atom stereocenters. The molecule has 3 saturated heterocycles. The Balaban J connectivity index is 1.58. The van der Waals surface area contributed by atoms with Gasteiger partial charge in [-0.2, -0.15) is 0 Å². The minimum atomic E-state index is -0.863. The second-order valence-electron chi connectivity index (χ2n) is 13.8. The van der Waals surface area contributed by atoms with E-state index in [0.29, 0.717) is 25.9 Å². The lowest BCUT2D eigenvalue weighted by Gasteiger charge is -2.40. The number of halogens is 1. The van der Waals surface area contributed by atoms with Crippen molar-refractivity contribution < 1.29 is 19.5 Å². The average molecular weight is 752 g/mol. The highest BCUT2D eigenvalue weighted by atomic mass is 79.9. The number of carbonyl (C=O) groups excluding carboxylic acids is 3. The van der Waals surface area contributed by atoms with Gasteiger partial charge in [0.25, 0.3) is 5.91 Å². The van der Waals surface area contributed by atoms with Crippen molar-refractivity contribution >= 4 is 56.8 Å². The number of rotatable bonds is 16. The SMILES string of the molecule is C=CCN(Cc1ccccc1)C(=O)[C@H]1[C@@H]2SC3(CC2Br)C(C(=O)N(CC=C)c2ccc(N(CC)CC)cc2)N([C@@H](CO)CC(C)C)C(=O)[C@H]13. The molecule has 2 aromatic rings. The van der Waals surface area contributed by atoms with Crippen LogP contribution in [0.4, 0.5) is 11.4 Å². The maximum atomic E-state index is 15.2. The van der Waals surface area contributed by atoms with Crippen LogP contribution in [-0.4, -0.2) is 92.3 Å². The summed E-state index contributed by atoms with van der Waals surface area (Å²) in [5.41, 5.74) is 2.79. The van der Waals surface area contributed by atoms with Gasteiger partial charge in [0.1, 0.15) is 6.04 Å². The highest BCUT2D eigenvalue weighted by Gasteiger charge is 2.76. The summed E-state index contributed by atoms with van der Waals surface area (Å²) in [7, 11) is 0. The molecular weight excluding hydrogens is 700 g/mol. The average Bonchev–Trinajstić information content (AvgIpc) is 3.69. The summed E-state index contributed by atoms with van der Waals surface area (Å²) in [5.74, 6) is -1.66. The molecule has 5 rings (SSSR count). The Morgan fingerprint density at radius 1 is 1.02 bits per heavy atom. The summed E-state index contributed by atoms with van der Waals surface area (Å²) in [5, 5.41) is 10.6. The molecule has 0 aromatic heterocycles. The third-order valence-electron chi connectivity index (χ3n) is 10.3. The molecule has 3 fully saturated rings. The summed E-state index contributed by atoms with van der Waals surface area (Å²) in [6, 6.07) is 16.4. The molecular formula is C39H51BrN4O4S. The van der Waals surface area contributed by atoms with Crippen LogP contribution in [0.15, 0.2) is 79.9 Å². The van der Waals surface area contributed by atoms with Gasteiger partial charge in [-0.05, 0) is 62.4 Å². The lowest BCUT2D eigenvalue weighted by atomic mass is 9.70. The second-order valence-corrected chi connectivity index (χ2v) is 16.5. The number of carbonyl (C=O) groups is 3. The van der Waals surface area contributed by atoms with Crippen LogP contribution in [0.2, 0.25) is 0 Å². The van der Waals surface area contributed by atoms with E-state index in [9.17, 15) is 14.7 Å². The van der Waals surface area contributed by atoms with E-state index in [4.69, 9.17) is 0 Å². The molecule has 1 spiro atoms. The minimum absolute atomic E-state index is 0.0630. The maximum absolute atomic E-state index is 15.2. The molecule has 0 radical (unpaired) electrons. The first-order valence-electron chi connectivity index (χ1n) is 17.5. The number of thioether (sulfide) groups is 1. The van der Waals surface area contributed by atoms with E-state index in [2.05, 4.69) is 61.7 Å². The lowest BCUT2D eigenvalue weighted by Crippen LogP contribution is -2.58. The molecule has 0 aliphatic carbocycles. The Hall–Kier alpha value is -3.08. The third kappa shape index (κ3) is 6.97. The highest BCUT2D eigenvalue weighted by molar-refractivity contribution is 9.09. The first-order chi connectivity index (χ1) is 23.6. The van der Waals surface area contributed by atoms with Gasteiger partial charge >= 0.3 is 0 Å². The molecule has 2 aromatic carbocycles. The van der Waals surface area contributed by atoms with E-state index in [1.807, 2.05) is 54.6 Å². The largest absolute Gasteiger partial charge is 0.394 e. The van der Waals surface area contributed by atoms with Gasteiger partial charge < -0.3 is 24.7 Å². The molecule has 3 aliphatic heterocycles. The van der Waals surface area contributed by atoms with Gasteiger partial charge in [-0.25, -0.2) is 0 Å². The highest BCUT2D eigenvalue weighted by Crippen LogP contribution is 2.68. The van der Waals surface area contributed by atoms with Crippen molar-refractivity contribution in [1.29, 1.82) is 0 Å². The van der Waals surface area contributed by atoms with Gasteiger partial charge in [-0.3, -0.25) is 14.4 Å². The van der Waals surface area contributed by atoms with E-state index >= 15 is 4.79 Å². The van der Waals surface area contributed by atoms with Crippen molar-refractivity contribution in [3.8, 4) is 0 Å². The summed E-state index contributed by atoms with van der Waals surface area (Å²) >= 11 is 5.54. The number of fused-ring (bicyclic) bond motifs is 1. The van der Waals surface area contributed by atoms with Crippen LogP contribution in [0, 0.1) is 17.8 Å². The Kier molecular flexibility index (Phi) is 12.0. The Morgan fingerprint density at radius 3 is 2.22 bits per heavy atom. The van der Waals surface area contributed by atoms with Gasteiger partial charge in [-0.15, -0.1) is 24.9 Å². The zero-order valence-electron chi connectivity index (χ0n) is 29.2. The number of nitrogens with zero attached hydrogens (tertiary/aromatic N) is 4. The predicted molar refractivity (Wildman–Crippen MR) is 204 cm³/mol. The van der Waals surface area contributed by atoms with E-state index in [1.54, 1.807) is 38.6 Å². The molecule has 0 saturated carbocycles. The molecule has 49 heavy (non-hydrogen) atoms. The predicted octanol–water partition coefficient (Wildman–Crippen LogP) is 6.14. The van der Waals surface area contributed by atoms with Gasteiger partial charge in [0.05, 0.1) is 29.2 Å². The molecule has 3 amide bonds. The van der Waals surface area contributed by atoms with Crippen molar-refractivity contribution in [2.24, 2.45) is 17.8 Å². The topological polar surface area (TPSA) is 84.4 Å². The Morgan fingerprint density at radius 2 is 1.65 bits per heavy atom. The monoisotopic (exact) mass is 750 g/mol. The number of aliphatic hydroxyl groups is 1. The molecule has 8 nitrogen and oxygen atoms in total. The van der Waals surface area contributed by atoms with Crippen molar-refractivity contribution in [2.75, 3.05) is 42.6 Å². The van der Waals surface area contributed by atoms with Gasteiger partial charge in [-0.1, -0.05) is 72.3 Å². The maximum Gasteiger partial charge on any atom is 0.251 e. The molecule has 2 bridgehead atoms. The number of alkyl halides is 1. The third-order valence-corrected chi connectivity index (χ3v) is 13.6. The smallest absolute Gasteiger partial charge is 0.251 e. The molecule has 3 aliphatic rings. The Bertz CT molecular complexity index is 1500. The fourth-order valence-electron chi connectivity index (χ4n) is 8.28. The molecule has 3 unspecified atom stereocenters. The van der Waals surface area contributed by atoms with Crippen molar-refractivity contribution in [1.82, 2.24) is 9.80 Å². The second kappa shape index (κ2) is 15.9. The summed E-state index contributed by atoms with van der Waals surface area (Å²) in [6.07, 6.45) is 4.54. The van der Waals surface area contributed by atoms with E-state index in [-0.39, 0.29) is 46.9 Å². The zero-order chi connectivity index (χ0) is 35.5. The van der Waals surface area contributed by atoms with E-state index in [0.717, 1.165) is 30.0 Å². The first kappa shape index (κ1) is 37.2. The number of hydrogen-bond acceptors (Lipinski definition) is 6. The number of aliphatic hydroxyl groups excluding tert-OH is 1. The van der Waals surface area contributed by atoms with Gasteiger partial charge in [0.15, 0.2) is 0 Å². The van der Waals surface area contributed by atoms with Crippen molar-refractivity contribution in [3.63, 3.8) is 0 Å².